The molecular weight excluding hydrogens is 278 g/mol. The smallest absolute Gasteiger partial charge is 0.224 e. The summed E-state index contributed by atoms with van der Waals surface area (Å²) in [4.78, 5) is 11.5. The number of aliphatic hydroxyl groups excluding tert-OH is 1. The van der Waals surface area contributed by atoms with Gasteiger partial charge in [0.25, 0.3) is 0 Å². The highest BCUT2D eigenvalue weighted by Crippen LogP contribution is 2.28. The maximum Gasteiger partial charge on any atom is 0.224 e. The van der Waals surface area contributed by atoms with Crippen LogP contribution >= 0.6 is 0 Å². The van der Waals surface area contributed by atoms with Crippen LogP contribution in [0.15, 0.2) is 24.3 Å². The van der Waals surface area contributed by atoms with Crippen molar-refractivity contribution in [2.45, 2.75) is 44.9 Å². The molecule has 1 saturated carbocycles. The van der Waals surface area contributed by atoms with E-state index in [1.54, 1.807) is 0 Å². The molecule has 0 unspecified atom stereocenters. The minimum absolute atomic E-state index is 0.0284. The first kappa shape index (κ1) is 16.8. The van der Waals surface area contributed by atoms with E-state index in [4.69, 9.17) is 9.84 Å². The molecule has 0 atom stereocenters. The topological polar surface area (TPSA) is 58.6 Å². The third kappa shape index (κ3) is 6.06. The number of ether oxygens (including phenoxy) is 1. The lowest BCUT2D eigenvalue weighted by molar-refractivity contribution is -0.120. The Labute approximate surface area is 132 Å². The monoisotopic (exact) mass is 305 g/mol. The Bertz CT molecular complexity index is 438. The highest BCUT2D eigenvalue weighted by Gasteiger charge is 2.14. The summed E-state index contributed by atoms with van der Waals surface area (Å²) in [5, 5.41) is 11.3. The fourth-order valence-corrected chi connectivity index (χ4v) is 3.01. The van der Waals surface area contributed by atoms with Gasteiger partial charge < -0.3 is 15.2 Å². The van der Waals surface area contributed by atoms with E-state index >= 15 is 0 Å². The molecule has 2 rings (SSSR count). The molecule has 1 fully saturated rings. The molecule has 0 bridgehead atoms. The first-order valence-electron chi connectivity index (χ1n) is 8.37. The van der Waals surface area contributed by atoms with Gasteiger partial charge in [-0.2, -0.15) is 0 Å². The summed E-state index contributed by atoms with van der Waals surface area (Å²) in [7, 11) is 0. The average molecular weight is 305 g/mol. The second-order valence-corrected chi connectivity index (χ2v) is 6.04. The summed E-state index contributed by atoms with van der Waals surface area (Å²) in [5.41, 5.74) is 0.953. The second kappa shape index (κ2) is 9.46. The molecule has 22 heavy (non-hydrogen) atoms. The highest BCUT2D eigenvalue weighted by atomic mass is 16.5. The third-order valence-corrected chi connectivity index (χ3v) is 4.22. The van der Waals surface area contributed by atoms with Gasteiger partial charge in [0.1, 0.15) is 5.75 Å². The SMILES string of the molecule is O=C(Cc1ccc(OCCCC2CCCC2)cc1)NCCO. The quantitative estimate of drug-likeness (QED) is 0.690. The van der Waals surface area contributed by atoms with E-state index in [0.29, 0.717) is 13.0 Å². The van der Waals surface area contributed by atoms with Gasteiger partial charge in [0.15, 0.2) is 0 Å². The van der Waals surface area contributed by atoms with E-state index in [0.717, 1.165) is 30.3 Å². The lowest BCUT2D eigenvalue weighted by atomic mass is 10.0. The van der Waals surface area contributed by atoms with Gasteiger partial charge >= 0.3 is 0 Å². The number of benzene rings is 1. The molecule has 1 aliphatic carbocycles. The summed E-state index contributed by atoms with van der Waals surface area (Å²) in [6.07, 6.45) is 8.33. The Balaban J connectivity index is 1.64. The predicted octanol–water partition coefficient (Wildman–Crippen LogP) is 2.69. The minimum atomic E-state index is -0.0701. The van der Waals surface area contributed by atoms with Gasteiger partial charge in [-0.05, 0) is 36.5 Å². The number of hydrogen-bond acceptors (Lipinski definition) is 3. The van der Waals surface area contributed by atoms with Crippen molar-refractivity contribution in [1.82, 2.24) is 5.32 Å². The molecule has 2 N–H and O–H groups in total. The van der Waals surface area contributed by atoms with E-state index in [1.165, 1.54) is 32.1 Å². The summed E-state index contributed by atoms with van der Waals surface area (Å²) in [6.45, 7) is 1.05. The van der Waals surface area contributed by atoms with Crippen molar-refractivity contribution in [1.29, 1.82) is 0 Å². The molecule has 0 aromatic heterocycles. The molecule has 0 spiro atoms. The third-order valence-electron chi connectivity index (χ3n) is 4.22. The number of carbonyl (C=O) groups excluding carboxylic acids is 1. The van der Waals surface area contributed by atoms with Crippen LogP contribution in [0, 0.1) is 5.92 Å². The van der Waals surface area contributed by atoms with Crippen molar-refractivity contribution >= 4 is 5.91 Å². The largest absolute Gasteiger partial charge is 0.494 e. The first-order chi connectivity index (χ1) is 10.8. The van der Waals surface area contributed by atoms with Crippen LogP contribution in [0.3, 0.4) is 0 Å². The maximum atomic E-state index is 11.5. The Kier molecular flexibility index (Phi) is 7.23. The van der Waals surface area contributed by atoms with Crippen LogP contribution in [0.1, 0.15) is 44.1 Å². The lowest BCUT2D eigenvalue weighted by Crippen LogP contribution is -2.27. The van der Waals surface area contributed by atoms with E-state index in [2.05, 4.69) is 5.32 Å². The average Bonchev–Trinajstić information content (AvgIpc) is 3.04. The van der Waals surface area contributed by atoms with Gasteiger partial charge in [-0.3, -0.25) is 4.79 Å². The molecule has 4 nitrogen and oxygen atoms in total. The molecule has 4 heteroatoms. The molecule has 1 amide bonds. The number of amides is 1. The van der Waals surface area contributed by atoms with Crippen molar-refractivity contribution in [3.05, 3.63) is 29.8 Å². The maximum absolute atomic E-state index is 11.5. The molecule has 1 aromatic rings. The van der Waals surface area contributed by atoms with Crippen LogP contribution in [-0.2, 0) is 11.2 Å². The Morgan fingerprint density at radius 2 is 1.95 bits per heavy atom. The van der Waals surface area contributed by atoms with Crippen LogP contribution in [0.5, 0.6) is 5.75 Å². The van der Waals surface area contributed by atoms with Gasteiger partial charge in [0, 0.05) is 6.54 Å². The Morgan fingerprint density at radius 3 is 2.64 bits per heavy atom. The molecular formula is C18H27NO3. The molecule has 0 saturated heterocycles. The molecule has 0 radical (unpaired) electrons. The lowest BCUT2D eigenvalue weighted by Gasteiger charge is -2.10. The van der Waals surface area contributed by atoms with Crippen LogP contribution in [0.4, 0.5) is 0 Å². The van der Waals surface area contributed by atoms with E-state index < -0.39 is 0 Å². The highest BCUT2D eigenvalue weighted by molar-refractivity contribution is 5.78. The standard InChI is InChI=1S/C18H27NO3/c20-12-11-19-18(21)14-16-7-9-17(10-8-16)22-13-3-6-15-4-1-2-5-15/h7-10,15,20H,1-6,11-14H2,(H,19,21). The Hall–Kier alpha value is -1.55. The zero-order valence-electron chi connectivity index (χ0n) is 13.2. The second-order valence-electron chi connectivity index (χ2n) is 6.04. The number of rotatable bonds is 9. The molecule has 1 aromatic carbocycles. The van der Waals surface area contributed by atoms with Gasteiger partial charge in [0.2, 0.25) is 5.91 Å². The zero-order chi connectivity index (χ0) is 15.6. The summed E-state index contributed by atoms with van der Waals surface area (Å²) >= 11 is 0. The van der Waals surface area contributed by atoms with Crippen LogP contribution in [0.2, 0.25) is 0 Å². The molecule has 0 aliphatic heterocycles. The number of aliphatic hydroxyl groups is 1. The molecule has 1 aliphatic rings. The van der Waals surface area contributed by atoms with Crippen LogP contribution in [0.25, 0.3) is 0 Å². The molecule has 122 valence electrons. The minimum Gasteiger partial charge on any atom is -0.494 e. The normalized spacial score (nSPS) is 15.0. The number of nitrogens with one attached hydrogen (secondary N) is 1. The van der Waals surface area contributed by atoms with Gasteiger partial charge in [-0.1, -0.05) is 37.8 Å². The summed E-state index contributed by atoms with van der Waals surface area (Å²) in [5.74, 6) is 1.72. The first-order valence-corrected chi connectivity index (χ1v) is 8.37. The van der Waals surface area contributed by atoms with Crippen LogP contribution in [-0.4, -0.2) is 30.8 Å². The van der Waals surface area contributed by atoms with E-state index in [-0.39, 0.29) is 12.5 Å². The van der Waals surface area contributed by atoms with Crippen molar-refractivity contribution in [2.75, 3.05) is 19.8 Å². The van der Waals surface area contributed by atoms with Crippen molar-refractivity contribution in [2.24, 2.45) is 5.92 Å². The summed E-state index contributed by atoms with van der Waals surface area (Å²) < 4.78 is 5.76. The number of carbonyl (C=O) groups is 1. The van der Waals surface area contributed by atoms with Gasteiger partial charge in [-0.25, -0.2) is 0 Å². The Morgan fingerprint density at radius 1 is 1.23 bits per heavy atom. The van der Waals surface area contributed by atoms with Crippen LogP contribution < -0.4 is 10.1 Å². The number of hydrogen-bond donors (Lipinski definition) is 2. The van der Waals surface area contributed by atoms with E-state index in [9.17, 15) is 4.79 Å². The van der Waals surface area contributed by atoms with Crippen molar-refractivity contribution < 1.29 is 14.6 Å². The van der Waals surface area contributed by atoms with Gasteiger partial charge in [-0.15, -0.1) is 0 Å². The fourth-order valence-electron chi connectivity index (χ4n) is 3.01. The molecule has 0 heterocycles. The van der Waals surface area contributed by atoms with Crippen molar-refractivity contribution in [3.8, 4) is 5.75 Å². The van der Waals surface area contributed by atoms with Gasteiger partial charge in [0.05, 0.1) is 19.6 Å². The van der Waals surface area contributed by atoms with E-state index in [1.807, 2.05) is 24.3 Å². The summed E-state index contributed by atoms with van der Waals surface area (Å²) in [6, 6.07) is 7.68. The zero-order valence-corrected chi connectivity index (χ0v) is 13.2. The fraction of sp³-hybridized carbons (Fsp3) is 0.611. The van der Waals surface area contributed by atoms with Crippen molar-refractivity contribution in [3.63, 3.8) is 0 Å². The predicted molar refractivity (Wildman–Crippen MR) is 86.9 cm³/mol.